The summed E-state index contributed by atoms with van der Waals surface area (Å²) >= 11 is 3.70. The van der Waals surface area contributed by atoms with Crippen LogP contribution in [0.3, 0.4) is 0 Å². The molecule has 0 aliphatic carbocycles. The number of nitrogens with zero attached hydrogens (tertiary/aromatic N) is 2. The van der Waals surface area contributed by atoms with Gasteiger partial charge in [-0.3, -0.25) is 4.90 Å². The van der Waals surface area contributed by atoms with Gasteiger partial charge in [-0.05, 0) is 64.4 Å². The fourth-order valence-corrected chi connectivity index (χ4v) is 8.54. The maximum absolute atomic E-state index is 5.11. The zero-order valence-corrected chi connectivity index (χ0v) is 24.7. The third-order valence-corrected chi connectivity index (χ3v) is 10.7. The normalized spacial score (nSPS) is 11.7. The fourth-order valence-electron chi connectivity index (χ4n) is 6.21. The lowest BCUT2D eigenvalue weighted by atomic mass is 10.0. The number of rotatable bonds is 4. The largest absolute Gasteiger partial charge is 0.295 e. The lowest BCUT2D eigenvalue weighted by Gasteiger charge is -2.25. The molecule has 0 radical (unpaired) electrons. The standard InChI is InChI=1S/C39H24N2S2/c1-2-8-25(9-3-1)26-14-17-28(18-15-26)41(29-19-21-36-33(22-29)31-12-6-7-13-35(31)42-36)38-23-37-34(24-40-38)32-20-16-27-10-4-5-11-30(27)39(32)43-37/h1-24H. The van der Waals surface area contributed by atoms with Gasteiger partial charge in [0.2, 0.25) is 0 Å². The highest BCUT2D eigenvalue weighted by Crippen LogP contribution is 2.43. The molecular weight excluding hydrogens is 561 g/mol. The van der Waals surface area contributed by atoms with Crippen molar-refractivity contribution in [1.29, 1.82) is 0 Å². The molecular formula is C39H24N2S2. The monoisotopic (exact) mass is 584 g/mol. The molecule has 43 heavy (non-hydrogen) atoms. The van der Waals surface area contributed by atoms with Crippen LogP contribution in [-0.4, -0.2) is 4.98 Å². The van der Waals surface area contributed by atoms with Crippen molar-refractivity contribution in [3.63, 3.8) is 0 Å². The molecule has 0 atom stereocenters. The van der Waals surface area contributed by atoms with Gasteiger partial charge in [0.25, 0.3) is 0 Å². The number of pyridine rings is 1. The molecule has 0 aliphatic rings. The summed E-state index contributed by atoms with van der Waals surface area (Å²) in [6.07, 6.45) is 2.06. The van der Waals surface area contributed by atoms with Crippen LogP contribution in [0.15, 0.2) is 146 Å². The highest BCUT2D eigenvalue weighted by Gasteiger charge is 2.18. The van der Waals surface area contributed by atoms with Crippen molar-refractivity contribution < 1.29 is 0 Å². The summed E-state index contributed by atoms with van der Waals surface area (Å²) in [5.41, 5.74) is 4.59. The van der Waals surface area contributed by atoms with E-state index in [9.17, 15) is 0 Å². The van der Waals surface area contributed by atoms with Crippen LogP contribution in [0.1, 0.15) is 0 Å². The zero-order valence-electron chi connectivity index (χ0n) is 23.1. The van der Waals surface area contributed by atoms with Gasteiger partial charge in [0.1, 0.15) is 5.82 Å². The predicted molar refractivity (Wildman–Crippen MR) is 188 cm³/mol. The Kier molecular flexibility index (Phi) is 5.58. The molecule has 0 bridgehead atoms. The average Bonchev–Trinajstić information content (AvgIpc) is 3.64. The van der Waals surface area contributed by atoms with Crippen LogP contribution in [-0.2, 0) is 0 Å². The molecule has 0 fully saturated rings. The lowest BCUT2D eigenvalue weighted by molar-refractivity contribution is 1.20. The topological polar surface area (TPSA) is 16.1 Å². The predicted octanol–water partition coefficient (Wildman–Crippen LogP) is 12.1. The van der Waals surface area contributed by atoms with E-state index in [2.05, 4.69) is 151 Å². The Morgan fingerprint density at radius 1 is 0.442 bits per heavy atom. The van der Waals surface area contributed by atoms with Crippen LogP contribution in [0.25, 0.3) is 62.2 Å². The summed E-state index contributed by atoms with van der Waals surface area (Å²) in [4.78, 5) is 7.40. The highest BCUT2D eigenvalue weighted by molar-refractivity contribution is 7.26. The quantitative estimate of drug-likeness (QED) is 0.205. The summed E-state index contributed by atoms with van der Waals surface area (Å²) in [6, 6.07) is 50.2. The first-order valence-corrected chi connectivity index (χ1v) is 16.0. The molecule has 3 aromatic heterocycles. The van der Waals surface area contributed by atoms with E-state index in [1.54, 1.807) is 0 Å². The third-order valence-electron chi connectivity index (χ3n) is 8.31. The van der Waals surface area contributed by atoms with Gasteiger partial charge in [-0.15, -0.1) is 22.7 Å². The van der Waals surface area contributed by atoms with Crippen LogP contribution < -0.4 is 4.90 Å². The maximum Gasteiger partial charge on any atom is 0.138 e. The average molecular weight is 585 g/mol. The molecule has 3 heterocycles. The van der Waals surface area contributed by atoms with Crippen LogP contribution >= 0.6 is 22.7 Å². The molecule has 4 heteroatoms. The number of benzene rings is 6. The summed E-state index contributed by atoms with van der Waals surface area (Å²) in [5, 5.41) is 7.61. The minimum Gasteiger partial charge on any atom is -0.295 e. The van der Waals surface area contributed by atoms with E-state index < -0.39 is 0 Å². The van der Waals surface area contributed by atoms with Crippen molar-refractivity contribution in [3.8, 4) is 11.1 Å². The van der Waals surface area contributed by atoms with Crippen molar-refractivity contribution >= 4 is 91.0 Å². The van der Waals surface area contributed by atoms with Gasteiger partial charge >= 0.3 is 0 Å². The van der Waals surface area contributed by atoms with E-state index >= 15 is 0 Å². The SMILES string of the molecule is c1ccc(-c2ccc(N(c3ccc4sc5ccccc5c4c3)c3cc4sc5c6ccccc6ccc5c4cn3)cc2)cc1. The molecule has 0 N–H and O–H groups in total. The second-order valence-corrected chi connectivity index (χ2v) is 13.0. The second kappa shape index (κ2) is 9.77. The van der Waals surface area contributed by atoms with Gasteiger partial charge in [0.05, 0.1) is 0 Å². The minimum absolute atomic E-state index is 0.912. The molecule has 0 saturated carbocycles. The van der Waals surface area contributed by atoms with Crippen molar-refractivity contribution in [3.05, 3.63) is 146 Å². The Bertz CT molecular complexity index is 2450. The molecule has 9 aromatic rings. The van der Waals surface area contributed by atoms with Crippen LogP contribution in [0.2, 0.25) is 0 Å². The van der Waals surface area contributed by atoms with Crippen molar-refractivity contribution in [2.75, 3.05) is 4.90 Å². The number of anilines is 3. The Morgan fingerprint density at radius 3 is 2.05 bits per heavy atom. The molecule has 0 spiro atoms. The summed E-state index contributed by atoms with van der Waals surface area (Å²) < 4.78 is 5.16. The van der Waals surface area contributed by atoms with Gasteiger partial charge in [-0.1, -0.05) is 97.1 Å². The van der Waals surface area contributed by atoms with E-state index in [0.717, 1.165) is 17.2 Å². The Hall–Kier alpha value is -5.03. The van der Waals surface area contributed by atoms with E-state index in [4.69, 9.17) is 4.98 Å². The van der Waals surface area contributed by atoms with Crippen molar-refractivity contribution in [1.82, 2.24) is 4.98 Å². The molecule has 9 rings (SSSR count). The molecule has 2 nitrogen and oxygen atoms in total. The van der Waals surface area contributed by atoms with Crippen LogP contribution in [0, 0.1) is 0 Å². The highest BCUT2D eigenvalue weighted by atomic mass is 32.1. The fraction of sp³-hybridized carbons (Fsp3) is 0. The van der Waals surface area contributed by atoms with E-state index in [-0.39, 0.29) is 0 Å². The zero-order chi connectivity index (χ0) is 28.3. The first-order chi connectivity index (χ1) is 21.3. The molecule has 0 amide bonds. The molecule has 0 saturated heterocycles. The molecule has 0 aliphatic heterocycles. The van der Waals surface area contributed by atoms with Crippen LogP contribution in [0.5, 0.6) is 0 Å². The first-order valence-electron chi connectivity index (χ1n) is 14.4. The van der Waals surface area contributed by atoms with Gasteiger partial charge in [0.15, 0.2) is 0 Å². The summed E-state index contributed by atoms with van der Waals surface area (Å²) in [7, 11) is 0. The number of hydrogen-bond acceptors (Lipinski definition) is 4. The maximum atomic E-state index is 5.11. The van der Waals surface area contributed by atoms with E-state index in [1.165, 1.54) is 62.2 Å². The Labute approximate surface area is 256 Å². The number of fused-ring (bicyclic) bond motifs is 8. The third kappa shape index (κ3) is 4.03. The van der Waals surface area contributed by atoms with Crippen molar-refractivity contribution in [2.24, 2.45) is 0 Å². The summed E-state index contributed by atoms with van der Waals surface area (Å²) in [5.74, 6) is 0.912. The van der Waals surface area contributed by atoms with Gasteiger partial charge in [0, 0.05) is 57.9 Å². The van der Waals surface area contributed by atoms with Crippen LogP contribution in [0.4, 0.5) is 17.2 Å². The smallest absolute Gasteiger partial charge is 0.138 e. The first kappa shape index (κ1) is 24.6. The Balaban J connectivity index is 1.24. The Morgan fingerprint density at radius 2 is 1.16 bits per heavy atom. The minimum atomic E-state index is 0.912. The van der Waals surface area contributed by atoms with Crippen molar-refractivity contribution in [2.45, 2.75) is 0 Å². The van der Waals surface area contributed by atoms with Gasteiger partial charge in [-0.25, -0.2) is 4.98 Å². The van der Waals surface area contributed by atoms with Gasteiger partial charge in [-0.2, -0.15) is 0 Å². The second-order valence-electron chi connectivity index (χ2n) is 10.8. The summed E-state index contributed by atoms with van der Waals surface area (Å²) in [6.45, 7) is 0. The molecule has 0 unspecified atom stereocenters. The van der Waals surface area contributed by atoms with E-state index in [0.29, 0.717) is 0 Å². The van der Waals surface area contributed by atoms with E-state index in [1.807, 2.05) is 22.7 Å². The number of hydrogen-bond donors (Lipinski definition) is 0. The molecule has 6 aromatic carbocycles. The molecule has 202 valence electrons. The number of aromatic nitrogens is 1. The van der Waals surface area contributed by atoms with Gasteiger partial charge < -0.3 is 0 Å². The lowest BCUT2D eigenvalue weighted by Crippen LogP contribution is -2.11. The number of thiophene rings is 2.